The van der Waals surface area contributed by atoms with Crippen molar-refractivity contribution in [3.8, 4) is 0 Å². The Hall–Kier alpha value is -2.97. The van der Waals surface area contributed by atoms with Crippen LogP contribution in [0.25, 0.3) is 0 Å². The molecule has 0 unspecified atom stereocenters. The molecule has 0 radical (unpaired) electrons. The first-order chi connectivity index (χ1) is 11.5. The maximum atomic E-state index is 12.7. The van der Waals surface area contributed by atoms with Crippen molar-refractivity contribution in [2.45, 2.75) is 32.7 Å². The van der Waals surface area contributed by atoms with E-state index in [9.17, 15) is 14.9 Å². The van der Waals surface area contributed by atoms with Crippen LogP contribution < -0.4 is 5.32 Å². The highest BCUT2D eigenvalue weighted by Gasteiger charge is 2.33. The van der Waals surface area contributed by atoms with E-state index in [1.165, 1.54) is 12.3 Å². The molecular weight excluding hydrogens is 312 g/mol. The van der Waals surface area contributed by atoms with Gasteiger partial charge in [0.1, 0.15) is 11.9 Å². The summed E-state index contributed by atoms with van der Waals surface area (Å²) < 4.78 is 0. The van der Waals surface area contributed by atoms with Gasteiger partial charge in [-0.25, -0.2) is 4.79 Å². The predicted octanol–water partition coefficient (Wildman–Crippen LogP) is 2.70. The second-order valence-corrected chi connectivity index (χ2v) is 5.78. The number of pyridine rings is 1. The number of carbonyl (C=O) groups is 1. The van der Waals surface area contributed by atoms with Gasteiger partial charge in [0, 0.05) is 24.0 Å². The summed E-state index contributed by atoms with van der Waals surface area (Å²) in [6.45, 7) is 4.43. The number of hydrogen-bond acceptors (Lipinski definition) is 5. The normalized spacial score (nSPS) is 17.1. The van der Waals surface area contributed by atoms with E-state index in [1.54, 1.807) is 4.90 Å². The van der Waals surface area contributed by atoms with Gasteiger partial charge in [0.15, 0.2) is 0 Å². The monoisotopic (exact) mass is 330 g/mol. The zero-order valence-electron chi connectivity index (χ0n) is 13.4. The Kier molecular flexibility index (Phi) is 4.15. The molecule has 2 amide bonds. The van der Waals surface area contributed by atoms with E-state index >= 15 is 0 Å². The molecule has 1 atom stereocenters. The molecule has 24 heavy (non-hydrogen) atoms. The molecule has 1 aliphatic heterocycles. The topological polar surface area (TPSA) is 117 Å². The number of hydrogen-bond donors (Lipinski definition) is 2. The molecule has 9 nitrogen and oxygen atoms in total. The van der Waals surface area contributed by atoms with Gasteiger partial charge in [-0.3, -0.25) is 20.2 Å². The third kappa shape index (κ3) is 2.80. The minimum absolute atomic E-state index is 0.0790. The van der Waals surface area contributed by atoms with E-state index in [0.717, 1.165) is 36.0 Å². The standard InChI is InChI=1S/C15H18N6O3/c1-9-14(10(2)19-18-9)12-4-3-7-20(12)15(22)17-11-5-6-16-8-13(11)21(23)24/h5-6,8,12H,3-4,7H2,1-2H3,(H,18,19)(H,16,17,22)/t12-/m1/s1. The maximum Gasteiger partial charge on any atom is 0.322 e. The molecule has 2 aromatic rings. The predicted molar refractivity (Wildman–Crippen MR) is 86.7 cm³/mol. The number of amides is 2. The average molecular weight is 330 g/mol. The molecule has 1 saturated heterocycles. The maximum absolute atomic E-state index is 12.7. The van der Waals surface area contributed by atoms with Crippen LogP contribution in [-0.4, -0.2) is 37.6 Å². The van der Waals surface area contributed by atoms with Crippen molar-refractivity contribution in [1.29, 1.82) is 0 Å². The van der Waals surface area contributed by atoms with Crippen molar-refractivity contribution in [1.82, 2.24) is 20.1 Å². The van der Waals surface area contributed by atoms with E-state index in [4.69, 9.17) is 0 Å². The van der Waals surface area contributed by atoms with Gasteiger partial charge >= 0.3 is 11.7 Å². The Labute approximate surface area is 138 Å². The zero-order valence-corrected chi connectivity index (χ0v) is 13.4. The number of carbonyl (C=O) groups excluding carboxylic acids is 1. The third-order valence-electron chi connectivity index (χ3n) is 4.27. The first-order valence-electron chi connectivity index (χ1n) is 7.66. The van der Waals surface area contributed by atoms with Crippen molar-refractivity contribution in [3.63, 3.8) is 0 Å². The summed E-state index contributed by atoms with van der Waals surface area (Å²) in [5, 5.41) is 20.8. The summed E-state index contributed by atoms with van der Waals surface area (Å²) >= 11 is 0. The summed E-state index contributed by atoms with van der Waals surface area (Å²) in [7, 11) is 0. The molecule has 3 rings (SSSR count). The Morgan fingerprint density at radius 1 is 1.50 bits per heavy atom. The van der Waals surface area contributed by atoms with Gasteiger partial charge in [-0.15, -0.1) is 0 Å². The van der Waals surface area contributed by atoms with Crippen molar-refractivity contribution in [2.24, 2.45) is 0 Å². The van der Waals surface area contributed by atoms with Gasteiger partial charge in [-0.1, -0.05) is 0 Å². The molecule has 126 valence electrons. The molecule has 1 fully saturated rings. The fourth-order valence-corrected chi connectivity index (χ4v) is 3.18. The lowest BCUT2D eigenvalue weighted by Crippen LogP contribution is -2.35. The number of nitrogens with zero attached hydrogens (tertiary/aromatic N) is 4. The molecule has 0 aromatic carbocycles. The number of likely N-dealkylation sites (tertiary alicyclic amines) is 1. The van der Waals surface area contributed by atoms with E-state index < -0.39 is 4.92 Å². The van der Waals surface area contributed by atoms with Gasteiger partial charge in [-0.2, -0.15) is 5.10 Å². The molecule has 9 heteroatoms. The third-order valence-corrected chi connectivity index (χ3v) is 4.27. The molecule has 0 saturated carbocycles. The lowest BCUT2D eigenvalue weighted by atomic mass is 10.0. The number of H-pyrrole nitrogens is 1. The van der Waals surface area contributed by atoms with Crippen LogP contribution in [-0.2, 0) is 0 Å². The van der Waals surface area contributed by atoms with Crippen LogP contribution in [0.3, 0.4) is 0 Å². The summed E-state index contributed by atoms with van der Waals surface area (Å²) in [5.74, 6) is 0. The number of aryl methyl sites for hydroxylation is 2. The molecule has 0 aliphatic carbocycles. The molecule has 0 bridgehead atoms. The lowest BCUT2D eigenvalue weighted by molar-refractivity contribution is -0.384. The van der Waals surface area contributed by atoms with Gasteiger partial charge in [0.25, 0.3) is 0 Å². The SMILES string of the molecule is Cc1n[nH]c(C)c1[C@H]1CCCN1C(=O)Nc1ccncc1[N+](=O)[O-]. The number of rotatable bonds is 3. The highest BCUT2D eigenvalue weighted by atomic mass is 16.6. The van der Waals surface area contributed by atoms with Crippen molar-refractivity contribution >= 4 is 17.4 Å². The van der Waals surface area contributed by atoms with Crippen molar-refractivity contribution < 1.29 is 9.72 Å². The van der Waals surface area contributed by atoms with Crippen LogP contribution in [0.5, 0.6) is 0 Å². The van der Waals surface area contributed by atoms with Crippen LogP contribution in [0.2, 0.25) is 0 Å². The Morgan fingerprint density at radius 2 is 2.29 bits per heavy atom. The van der Waals surface area contributed by atoms with Crippen LogP contribution in [0.1, 0.15) is 35.8 Å². The second kappa shape index (κ2) is 6.26. The Balaban J connectivity index is 1.84. The van der Waals surface area contributed by atoms with Gasteiger partial charge in [-0.05, 0) is 32.8 Å². The fourth-order valence-electron chi connectivity index (χ4n) is 3.18. The summed E-state index contributed by atoms with van der Waals surface area (Å²) in [6.07, 6.45) is 4.25. The number of aromatic amines is 1. The number of nitrogens with one attached hydrogen (secondary N) is 2. The van der Waals surface area contributed by atoms with Crippen LogP contribution in [0.4, 0.5) is 16.2 Å². The molecule has 1 aliphatic rings. The first kappa shape index (κ1) is 15.9. The van der Waals surface area contributed by atoms with Crippen LogP contribution >= 0.6 is 0 Å². The minimum atomic E-state index is -0.561. The largest absolute Gasteiger partial charge is 0.322 e. The molecular formula is C15H18N6O3. The summed E-state index contributed by atoms with van der Waals surface area (Å²) in [6, 6.07) is 0.992. The van der Waals surface area contributed by atoms with E-state index in [2.05, 4.69) is 20.5 Å². The Bertz CT molecular complexity index is 768. The number of urea groups is 1. The van der Waals surface area contributed by atoms with Crippen LogP contribution in [0, 0.1) is 24.0 Å². The molecule has 2 aromatic heterocycles. The zero-order chi connectivity index (χ0) is 17.3. The highest BCUT2D eigenvalue weighted by molar-refractivity contribution is 5.92. The van der Waals surface area contributed by atoms with E-state index in [1.807, 2.05) is 13.8 Å². The van der Waals surface area contributed by atoms with E-state index in [0.29, 0.717) is 6.54 Å². The second-order valence-electron chi connectivity index (χ2n) is 5.78. The highest BCUT2D eigenvalue weighted by Crippen LogP contribution is 2.35. The summed E-state index contributed by atoms with van der Waals surface area (Å²) in [4.78, 5) is 28.6. The van der Waals surface area contributed by atoms with E-state index in [-0.39, 0.29) is 23.4 Å². The molecule has 0 spiro atoms. The Morgan fingerprint density at radius 3 is 2.96 bits per heavy atom. The van der Waals surface area contributed by atoms with Crippen molar-refractivity contribution in [2.75, 3.05) is 11.9 Å². The van der Waals surface area contributed by atoms with Gasteiger partial charge in [0.2, 0.25) is 0 Å². The minimum Gasteiger partial charge on any atom is -0.317 e. The number of nitro groups is 1. The number of aromatic nitrogens is 3. The van der Waals surface area contributed by atoms with Crippen LogP contribution in [0.15, 0.2) is 18.5 Å². The molecule has 2 N–H and O–H groups in total. The van der Waals surface area contributed by atoms with Crippen molar-refractivity contribution in [3.05, 3.63) is 45.5 Å². The van der Waals surface area contributed by atoms with Gasteiger partial charge < -0.3 is 10.2 Å². The molecule has 3 heterocycles. The lowest BCUT2D eigenvalue weighted by Gasteiger charge is -2.25. The average Bonchev–Trinajstić information content (AvgIpc) is 3.14. The smallest absolute Gasteiger partial charge is 0.317 e. The van der Waals surface area contributed by atoms with Gasteiger partial charge in [0.05, 0.1) is 16.7 Å². The first-order valence-corrected chi connectivity index (χ1v) is 7.66. The fraction of sp³-hybridized carbons (Fsp3) is 0.400. The quantitative estimate of drug-likeness (QED) is 0.663. The number of anilines is 1. The summed E-state index contributed by atoms with van der Waals surface area (Å²) in [5.41, 5.74) is 2.75.